The molecule has 0 spiro atoms. The Balaban J connectivity index is 2.26. The lowest BCUT2D eigenvalue weighted by molar-refractivity contribution is -0.122. The molecular weight excluding hydrogens is 202 g/mol. The molecule has 2 rings (SSSR count). The van der Waals surface area contributed by atoms with Gasteiger partial charge in [-0.05, 0) is 42.4 Å². The van der Waals surface area contributed by atoms with Crippen LogP contribution in [0, 0.1) is 0 Å². The number of hydrogen-bond donors (Lipinski definition) is 3. The average molecular weight is 219 g/mol. The number of hydrogen-bond acceptors (Lipinski definition) is 3. The van der Waals surface area contributed by atoms with Crippen LogP contribution in [0.25, 0.3) is 0 Å². The van der Waals surface area contributed by atoms with Crippen molar-refractivity contribution < 1.29 is 4.79 Å². The molecule has 1 atom stereocenters. The van der Waals surface area contributed by atoms with E-state index in [-0.39, 0.29) is 5.91 Å². The van der Waals surface area contributed by atoms with Crippen molar-refractivity contribution in [2.75, 3.05) is 0 Å². The summed E-state index contributed by atoms with van der Waals surface area (Å²) in [6.45, 7) is 0. The molecule has 1 unspecified atom stereocenters. The number of carbonyl (C=O) groups excluding carboxylic acids is 1. The molecule has 1 amide bonds. The Hall–Kier alpha value is -1.39. The van der Waals surface area contributed by atoms with Crippen molar-refractivity contribution in [3.05, 3.63) is 34.9 Å². The molecule has 0 saturated carbocycles. The van der Waals surface area contributed by atoms with Crippen molar-refractivity contribution in [1.82, 2.24) is 5.43 Å². The first-order chi connectivity index (χ1) is 7.72. The van der Waals surface area contributed by atoms with E-state index in [9.17, 15) is 4.79 Å². The second-order valence-corrected chi connectivity index (χ2v) is 4.22. The topological polar surface area (TPSA) is 81.1 Å². The molecule has 0 aromatic heterocycles. The Morgan fingerprint density at radius 2 is 1.94 bits per heavy atom. The summed E-state index contributed by atoms with van der Waals surface area (Å²) in [6.07, 6.45) is 4.69. The molecule has 5 N–H and O–H groups in total. The van der Waals surface area contributed by atoms with Crippen LogP contribution in [0.15, 0.2) is 18.2 Å². The van der Waals surface area contributed by atoms with E-state index < -0.39 is 6.04 Å². The maximum Gasteiger partial charge on any atom is 0.255 e. The van der Waals surface area contributed by atoms with Gasteiger partial charge in [0.2, 0.25) is 0 Å². The van der Waals surface area contributed by atoms with Gasteiger partial charge < -0.3 is 5.73 Å². The molecule has 0 aliphatic heterocycles. The van der Waals surface area contributed by atoms with Crippen molar-refractivity contribution in [2.45, 2.75) is 31.7 Å². The van der Waals surface area contributed by atoms with E-state index in [4.69, 9.17) is 11.6 Å². The van der Waals surface area contributed by atoms with E-state index in [1.165, 1.54) is 24.0 Å². The van der Waals surface area contributed by atoms with Gasteiger partial charge in [-0.1, -0.05) is 18.2 Å². The summed E-state index contributed by atoms with van der Waals surface area (Å²) < 4.78 is 0. The molecule has 16 heavy (non-hydrogen) atoms. The number of benzene rings is 1. The lowest BCUT2D eigenvalue weighted by atomic mass is 9.89. The fraction of sp³-hybridized carbons (Fsp3) is 0.417. The van der Waals surface area contributed by atoms with Gasteiger partial charge in [0.1, 0.15) is 6.04 Å². The van der Waals surface area contributed by atoms with Crippen LogP contribution in [0.3, 0.4) is 0 Å². The van der Waals surface area contributed by atoms with Crippen LogP contribution in [0.1, 0.15) is 35.6 Å². The Morgan fingerprint density at radius 3 is 2.62 bits per heavy atom. The van der Waals surface area contributed by atoms with E-state index in [0.717, 1.165) is 18.4 Å². The lowest BCUT2D eigenvalue weighted by Gasteiger charge is -2.18. The first-order valence-electron chi connectivity index (χ1n) is 5.60. The zero-order valence-corrected chi connectivity index (χ0v) is 9.20. The zero-order chi connectivity index (χ0) is 11.5. The van der Waals surface area contributed by atoms with E-state index in [1.54, 1.807) is 0 Å². The van der Waals surface area contributed by atoms with E-state index in [1.807, 2.05) is 12.1 Å². The van der Waals surface area contributed by atoms with Crippen LogP contribution >= 0.6 is 0 Å². The van der Waals surface area contributed by atoms with Gasteiger partial charge in [-0.3, -0.25) is 10.2 Å². The Kier molecular flexibility index (Phi) is 3.22. The maximum absolute atomic E-state index is 11.3. The van der Waals surface area contributed by atoms with Gasteiger partial charge in [0.25, 0.3) is 5.91 Å². The van der Waals surface area contributed by atoms with Gasteiger partial charge in [0.15, 0.2) is 0 Å². The molecule has 1 aromatic rings. The molecule has 0 fully saturated rings. The summed E-state index contributed by atoms with van der Waals surface area (Å²) >= 11 is 0. The summed E-state index contributed by atoms with van der Waals surface area (Å²) in [4.78, 5) is 11.3. The van der Waals surface area contributed by atoms with E-state index >= 15 is 0 Å². The van der Waals surface area contributed by atoms with Crippen LogP contribution in [0.4, 0.5) is 0 Å². The van der Waals surface area contributed by atoms with Gasteiger partial charge in [-0.2, -0.15) is 0 Å². The Labute approximate surface area is 95.0 Å². The summed E-state index contributed by atoms with van der Waals surface area (Å²) in [7, 11) is 0. The van der Waals surface area contributed by atoms with Gasteiger partial charge in [-0.15, -0.1) is 0 Å². The summed E-state index contributed by atoms with van der Waals surface area (Å²) in [5, 5.41) is 0. The molecule has 0 radical (unpaired) electrons. The van der Waals surface area contributed by atoms with Crippen molar-refractivity contribution >= 4 is 5.91 Å². The lowest BCUT2D eigenvalue weighted by Crippen LogP contribution is -2.38. The molecule has 4 nitrogen and oxygen atoms in total. The van der Waals surface area contributed by atoms with Crippen molar-refractivity contribution in [3.8, 4) is 0 Å². The third-order valence-electron chi connectivity index (χ3n) is 3.16. The highest BCUT2D eigenvalue weighted by Crippen LogP contribution is 2.24. The van der Waals surface area contributed by atoms with Gasteiger partial charge >= 0.3 is 0 Å². The Morgan fingerprint density at radius 1 is 1.25 bits per heavy atom. The number of nitrogens with one attached hydrogen (secondary N) is 1. The van der Waals surface area contributed by atoms with Gasteiger partial charge in [0.05, 0.1) is 0 Å². The maximum atomic E-state index is 11.3. The van der Waals surface area contributed by atoms with Crippen LogP contribution in [-0.2, 0) is 17.6 Å². The summed E-state index contributed by atoms with van der Waals surface area (Å²) in [5.74, 6) is 4.72. The highest BCUT2D eigenvalue weighted by molar-refractivity contribution is 5.82. The van der Waals surface area contributed by atoms with Crippen LogP contribution in [0.5, 0.6) is 0 Å². The van der Waals surface area contributed by atoms with Gasteiger partial charge in [-0.25, -0.2) is 5.84 Å². The van der Waals surface area contributed by atoms with Crippen LogP contribution in [0.2, 0.25) is 0 Å². The van der Waals surface area contributed by atoms with Crippen LogP contribution < -0.4 is 17.0 Å². The van der Waals surface area contributed by atoms with Crippen LogP contribution in [-0.4, -0.2) is 5.91 Å². The third-order valence-corrected chi connectivity index (χ3v) is 3.16. The normalized spacial score (nSPS) is 16.4. The smallest absolute Gasteiger partial charge is 0.255 e. The SMILES string of the molecule is NNC(=O)C(N)c1ccc2c(c1)CCCC2. The largest absolute Gasteiger partial charge is 0.316 e. The zero-order valence-electron chi connectivity index (χ0n) is 9.20. The second kappa shape index (κ2) is 4.63. The number of rotatable bonds is 2. The van der Waals surface area contributed by atoms with Gasteiger partial charge in [0, 0.05) is 0 Å². The second-order valence-electron chi connectivity index (χ2n) is 4.22. The number of fused-ring (bicyclic) bond motifs is 1. The number of aryl methyl sites for hydroxylation is 2. The molecule has 86 valence electrons. The molecule has 0 bridgehead atoms. The first-order valence-corrected chi connectivity index (χ1v) is 5.60. The van der Waals surface area contributed by atoms with Crippen molar-refractivity contribution in [3.63, 3.8) is 0 Å². The average Bonchev–Trinajstić information content (AvgIpc) is 2.36. The predicted octanol–water partition coefficient (Wildman–Crippen LogP) is 0.555. The molecule has 1 aromatic carbocycles. The highest BCUT2D eigenvalue weighted by atomic mass is 16.2. The predicted molar refractivity (Wildman–Crippen MR) is 62.3 cm³/mol. The number of carbonyl (C=O) groups is 1. The standard InChI is InChI=1S/C12H17N3O/c13-11(12(16)15-14)10-6-5-8-3-1-2-4-9(8)7-10/h5-7,11H,1-4,13-14H2,(H,15,16). The minimum Gasteiger partial charge on any atom is -0.316 e. The third kappa shape index (κ3) is 2.08. The summed E-state index contributed by atoms with van der Waals surface area (Å²) in [5.41, 5.74) is 11.4. The minimum atomic E-state index is -0.669. The van der Waals surface area contributed by atoms with Crippen molar-refractivity contribution in [2.24, 2.45) is 11.6 Å². The highest BCUT2D eigenvalue weighted by Gasteiger charge is 2.17. The molecule has 0 heterocycles. The number of nitrogens with two attached hydrogens (primary N) is 2. The first kappa shape index (κ1) is 11.1. The van der Waals surface area contributed by atoms with E-state index in [0.29, 0.717) is 0 Å². The fourth-order valence-corrected chi connectivity index (χ4v) is 2.19. The quantitative estimate of drug-likeness (QED) is 0.386. The van der Waals surface area contributed by atoms with E-state index in [2.05, 4.69) is 11.5 Å². The van der Waals surface area contributed by atoms with Crippen molar-refractivity contribution in [1.29, 1.82) is 0 Å². The molecular formula is C12H17N3O. The summed E-state index contributed by atoms with van der Waals surface area (Å²) in [6, 6.07) is 5.36. The molecule has 1 aliphatic rings. The number of amides is 1. The molecule has 0 saturated heterocycles. The minimum absolute atomic E-state index is 0.351. The molecule has 1 aliphatic carbocycles. The Bertz CT molecular complexity index is 403. The monoisotopic (exact) mass is 219 g/mol. The number of hydrazine groups is 1. The molecule has 4 heteroatoms. The fourth-order valence-electron chi connectivity index (χ4n) is 2.19.